The molecule has 4 rings (SSSR count). The number of H-pyrrole nitrogens is 1. The number of fused-ring (bicyclic) bond motifs is 1. The summed E-state index contributed by atoms with van der Waals surface area (Å²) in [6.07, 6.45) is -0.605. The predicted octanol–water partition coefficient (Wildman–Crippen LogP) is 5.25. The number of ether oxygens (including phenoxy) is 1. The van der Waals surface area contributed by atoms with Crippen molar-refractivity contribution < 1.29 is 9.53 Å². The van der Waals surface area contributed by atoms with E-state index in [0.29, 0.717) is 11.4 Å². The molecule has 1 heterocycles. The van der Waals surface area contributed by atoms with E-state index < -0.39 is 6.10 Å². The van der Waals surface area contributed by atoms with E-state index in [1.165, 1.54) is 0 Å². The van der Waals surface area contributed by atoms with Crippen LogP contribution >= 0.6 is 0 Å². The number of rotatable bonds is 5. The number of imidazole rings is 1. The van der Waals surface area contributed by atoms with Gasteiger partial charge in [-0.25, -0.2) is 4.98 Å². The van der Waals surface area contributed by atoms with Gasteiger partial charge < -0.3 is 15.0 Å². The molecule has 2 N–H and O–H groups in total. The van der Waals surface area contributed by atoms with Crippen LogP contribution in [0.3, 0.4) is 0 Å². The molecule has 0 bridgehead atoms. The van der Waals surface area contributed by atoms with Gasteiger partial charge in [-0.3, -0.25) is 4.79 Å². The molecular weight excluding hydrogens is 362 g/mol. The Bertz CT molecular complexity index is 1110. The Morgan fingerprint density at radius 1 is 1.00 bits per heavy atom. The number of nitrogens with one attached hydrogen (secondary N) is 2. The van der Waals surface area contributed by atoms with Crippen molar-refractivity contribution in [1.82, 2.24) is 9.97 Å². The number of para-hydroxylation sites is 2. The highest BCUT2D eigenvalue weighted by atomic mass is 16.5. The fourth-order valence-corrected chi connectivity index (χ4v) is 3.30. The minimum atomic E-state index is -0.605. The number of anilines is 1. The first-order chi connectivity index (χ1) is 14.0. The van der Waals surface area contributed by atoms with Gasteiger partial charge in [0.15, 0.2) is 6.10 Å². The summed E-state index contributed by atoms with van der Waals surface area (Å²) in [7, 11) is 0. The van der Waals surface area contributed by atoms with Gasteiger partial charge >= 0.3 is 0 Å². The lowest BCUT2D eigenvalue weighted by Gasteiger charge is -2.16. The zero-order chi connectivity index (χ0) is 20.4. The summed E-state index contributed by atoms with van der Waals surface area (Å²) in [6, 6.07) is 21.4. The number of hydrogen-bond donors (Lipinski definition) is 2. The number of amides is 1. The van der Waals surface area contributed by atoms with Gasteiger partial charge in [0.05, 0.1) is 11.0 Å². The SMILES string of the molecule is Cc1cc(C)cc(OC(C)C(=O)Nc2ccc(-c3nc4ccccc4[nH]3)cc2)c1. The monoisotopic (exact) mass is 385 g/mol. The highest BCUT2D eigenvalue weighted by molar-refractivity contribution is 5.94. The van der Waals surface area contributed by atoms with Crippen molar-refractivity contribution >= 4 is 22.6 Å². The Hall–Kier alpha value is -3.60. The van der Waals surface area contributed by atoms with Crippen molar-refractivity contribution in [1.29, 1.82) is 0 Å². The van der Waals surface area contributed by atoms with Crippen molar-refractivity contribution in [3.05, 3.63) is 77.9 Å². The van der Waals surface area contributed by atoms with Gasteiger partial charge in [0.25, 0.3) is 5.91 Å². The zero-order valence-electron chi connectivity index (χ0n) is 16.7. The number of benzene rings is 3. The first-order valence-electron chi connectivity index (χ1n) is 9.59. The minimum absolute atomic E-state index is 0.194. The topological polar surface area (TPSA) is 67.0 Å². The fraction of sp³-hybridized carbons (Fsp3) is 0.167. The lowest BCUT2D eigenvalue weighted by Crippen LogP contribution is -2.30. The average Bonchev–Trinajstić information content (AvgIpc) is 3.12. The van der Waals surface area contributed by atoms with Crippen LogP contribution in [0.25, 0.3) is 22.4 Å². The molecule has 0 spiro atoms. The summed E-state index contributed by atoms with van der Waals surface area (Å²) in [5.41, 5.74) is 5.81. The molecule has 0 aliphatic carbocycles. The van der Waals surface area contributed by atoms with Crippen molar-refractivity contribution in [2.45, 2.75) is 26.9 Å². The Kier molecular flexibility index (Phi) is 5.04. The van der Waals surface area contributed by atoms with Gasteiger partial charge in [0, 0.05) is 11.3 Å². The molecule has 146 valence electrons. The molecule has 1 atom stereocenters. The molecule has 0 aliphatic rings. The quantitative estimate of drug-likeness (QED) is 0.493. The van der Waals surface area contributed by atoms with E-state index in [2.05, 4.69) is 21.4 Å². The number of aryl methyl sites for hydroxylation is 2. The molecule has 1 aromatic heterocycles. The molecule has 0 fully saturated rings. The van der Waals surface area contributed by atoms with Crippen LogP contribution in [0.2, 0.25) is 0 Å². The molecule has 1 amide bonds. The smallest absolute Gasteiger partial charge is 0.265 e. The summed E-state index contributed by atoms with van der Waals surface area (Å²) in [5.74, 6) is 1.31. The number of hydrogen-bond acceptors (Lipinski definition) is 3. The second-order valence-electron chi connectivity index (χ2n) is 7.25. The molecule has 5 nitrogen and oxygen atoms in total. The van der Waals surface area contributed by atoms with Gasteiger partial charge in [0.2, 0.25) is 0 Å². The molecule has 1 unspecified atom stereocenters. The van der Waals surface area contributed by atoms with Crippen LogP contribution in [0, 0.1) is 13.8 Å². The van der Waals surface area contributed by atoms with E-state index >= 15 is 0 Å². The highest BCUT2D eigenvalue weighted by Crippen LogP contribution is 2.22. The number of carbonyl (C=O) groups excluding carboxylic acids is 1. The van der Waals surface area contributed by atoms with Crippen molar-refractivity contribution in [3.8, 4) is 17.1 Å². The zero-order valence-corrected chi connectivity index (χ0v) is 16.7. The van der Waals surface area contributed by atoms with Crippen molar-refractivity contribution in [2.24, 2.45) is 0 Å². The largest absolute Gasteiger partial charge is 0.481 e. The summed E-state index contributed by atoms with van der Waals surface area (Å²) in [5, 5.41) is 2.90. The maximum Gasteiger partial charge on any atom is 0.265 e. The Balaban J connectivity index is 1.43. The van der Waals surface area contributed by atoms with Crippen LogP contribution in [0.4, 0.5) is 5.69 Å². The second kappa shape index (κ2) is 7.80. The first-order valence-corrected chi connectivity index (χ1v) is 9.59. The summed E-state index contributed by atoms with van der Waals surface area (Å²) in [6.45, 7) is 5.76. The standard InChI is InChI=1S/C24H23N3O2/c1-15-12-16(2)14-20(13-15)29-17(3)24(28)25-19-10-8-18(9-11-19)23-26-21-6-4-5-7-22(21)27-23/h4-14,17H,1-3H3,(H,25,28)(H,26,27). The predicted molar refractivity (Wildman–Crippen MR) is 116 cm³/mol. The number of aromatic nitrogens is 2. The van der Waals surface area contributed by atoms with Gasteiger partial charge in [-0.2, -0.15) is 0 Å². The third kappa shape index (κ3) is 4.29. The molecule has 0 saturated carbocycles. The number of aromatic amines is 1. The van der Waals surface area contributed by atoms with Crippen LogP contribution < -0.4 is 10.1 Å². The minimum Gasteiger partial charge on any atom is -0.481 e. The lowest BCUT2D eigenvalue weighted by molar-refractivity contribution is -0.122. The van der Waals surface area contributed by atoms with Crippen molar-refractivity contribution in [3.63, 3.8) is 0 Å². The first kappa shape index (κ1) is 18.7. The molecular formula is C24H23N3O2. The van der Waals surface area contributed by atoms with E-state index in [-0.39, 0.29) is 5.91 Å². The number of nitrogens with zero attached hydrogens (tertiary/aromatic N) is 1. The molecule has 5 heteroatoms. The molecule has 29 heavy (non-hydrogen) atoms. The van der Waals surface area contributed by atoms with Crippen LogP contribution in [0.15, 0.2) is 66.7 Å². The van der Waals surface area contributed by atoms with E-state index in [1.54, 1.807) is 6.92 Å². The molecule has 0 saturated heterocycles. The number of carbonyl (C=O) groups is 1. The fourth-order valence-electron chi connectivity index (χ4n) is 3.30. The van der Waals surface area contributed by atoms with Crippen LogP contribution in [0.1, 0.15) is 18.1 Å². The van der Waals surface area contributed by atoms with Gasteiger partial charge in [-0.05, 0) is 80.4 Å². The van der Waals surface area contributed by atoms with E-state index in [1.807, 2.05) is 74.5 Å². The second-order valence-corrected chi connectivity index (χ2v) is 7.25. The van der Waals surface area contributed by atoms with E-state index in [0.717, 1.165) is 33.5 Å². The Morgan fingerprint density at radius 2 is 1.69 bits per heavy atom. The normalized spacial score (nSPS) is 12.0. The van der Waals surface area contributed by atoms with E-state index in [4.69, 9.17) is 4.74 Å². The van der Waals surface area contributed by atoms with Gasteiger partial charge in [-0.15, -0.1) is 0 Å². The van der Waals surface area contributed by atoms with Crippen LogP contribution in [-0.2, 0) is 4.79 Å². The summed E-state index contributed by atoms with van der Waals surface area (Å²) in [4.78, 5) is 20.4. The van der Waals surface area contributed by atoms with Crippen LogP contribution in [0.5, 0.6) is 5.75 Å². The third-order valence-corrected chi connectivity index (χ3v) is 4.69. The van der Waals surface area contributed by atoms with Gasteiger partial charge in [-0.1, -0.05) is 18.2 Å². The highest BCUT2D eigenvalue weighted by Gasteiger charge is 2.15. The maximum atomic E-state index is 12.5. The van der Waals surface area contributed by atoms with E-state index in [9.17, 15) is 4.79 Å². The summed E-state index contributed by atoms with van der Waals surface area (Å²) >= 11 is 0. The Labute approximate surface area is 169 Å². The molecule has 0 aliphatic heterocycles. The lowest BCUT2D eigenvalue weighted by atomic mass is 10.1. The average molecular weight is 385 g/mol. The summed E-state index contributed by atoms with van der Waals surface area (Å²) < 4.78 is 5.81. The molecule has 3 aromatic carbocycles. The van der Waals surface area contributed by atoms with Crippen LogP contribution in [-0.4, -0.2) is 22.0 Å². The van der Waals surface area contributed by atoms with Gasteiger partial charge in [0.1, 0.15) is 11.6 Å². The van der Waals surface area contributed by atoms with Crippen molar-refractivity contribution in [2.75, 3.05) is 5.32 Å². The Morgan fingerprint density at radius 3 is 2.38 bits per heavy atom. The molecule has 4 aromatic rings. The maximum absolute atomic E-state index is 12.5. The molecule has 0 radical (unpaired) electrons. The third-order valence-electron chi connectivity index (χ3n) is 4.69.